The van der Waals surface area contributed by atoms with Crippen LogP contribution in [-0.2, 0) is 11.3 Å². The highest BCUT2D eigenvalue weighted by Gasteiger charge is 2.26. The second kappa shape index (κ2) is 9.12. The maximum Gasteiger partial charge on any atom is 0.241 e. The number of aromatic nitrogens is 2. The molecule has 1 saturated heterocycles. The first-order chi connectivity index (χ1) is 14.5. The largest absolute Gasteiger partial charge is 0.338 e. The zero-order valence-corrected chi connectivity index (χ0v) is 17.5. The summed E-state index contributed by atoms with van der Waals surface area (Å²) >= 11 is 12.1. The first-order valence-corrected chi connectivity index (χ1v) is 10.3. The molecule has 0 radical (unpaired) electrons. The molecule has 2 aromatic carbocycles. The topological polar surface area (TPSA) is 71.3 Å². The summed E-state index contributed by atoms with van der Waals surface area (Å²) in [6, 6.07) is 10.9. The van der Waals surface area contributed by atoms with Gasteiger partial charge in [0.1, 0.15) is 5.82 Å². The zero-order valence-electron chi connectivity index (χ0n) is 15.9. The van der Waals surface area contributed by atoms with Crippen molar-refractivity contribution in [2.75, 3.05) is 18.4 Å². The number of nitrogens with zero attached hydrogens (tertiary/aromatic N) is 3. The first-order valence-electron chi connectivity index (χ1n) is 9.55. The van der Waals surface area contributed by atoms with E-state index in [2.05, 4.69) is 20.4 Å². The monoisotopic (exact) mass is 448 g/mol. The van der Waals surface area contributed by atoms with E-state index in [0.29, 0.717) is 52.4 Å². The fraction of sp³-hybridized carbons (Fsp3) is 0.286. The van der Waals surface area contributed by atoms with Gasteiger partial charge in [-0.25, -0.2) is 4.39 Å². The van der Waals surface area contributed by atoms with Crippen molar-refractivity contribution in [1.82, 2.24) is 15.0 Å². The second-order valence-electron chi connectivity index (χ2n) is 7.18. The lowest BCUT2D eigenvalue weighted by Gasteiger charge is -2.30. The number of nitrogens with one attached hydrogen (secondary N) is 1. The molecule has 1 aliphatic heterocycles. The lowest BCUT2D eigenvalue weighted by molar-refractivity contribution is -0.121. The Morgan fingerprint density at radius 2 is 1.90 bits per heavy atom. The summed E-state index contributed by atoms with van der Waals surface area (Å²) < 4.78 is 18.4. The Labute approximate surface area is 183 Å². The van der Waals surface area contributed by atoms with E-state index >= 15 is 0 Å². The maximum absolute atomic E-state index is 13.1. The highest BCUT2D eigenvalue weighted by Crippen LogP contribution is 2.27. The van der Waals surface area contributed by atoms with E-state index < -0.39 is 0 Å². The van der Waals surface area contributed by atoms with Crippen LogP contribution in [0.2, 0.25) is 10.0 Å². The van der Waals surface area contributed by atoms with Crippen LogP contribution in [0.25, 0.3) is 11.4 Å². The molecule has 4 rings (SSSR count). The highest BCUT2D eigenvalue weighted by atomic mass is 35.5. The van der Waals surface area contributed by atoms with Crippen LogP contribution in [0, 0.1) is 11.7 Å². The third kappa shape index (κ3) is 4.98. The SMILES string of the molecule is O=C(Nc1cc(Cl)ccc1Cl)C1CCN(Cc2nc(-c3ccc(F)cc3)no2)CC1. The summed E-state index contributed by atoms with van der Waals surface area (Å²) in [5.74, 6) is 0.441. The molecule has 30 heavy (non-hydrogen) atoms. The number of amides is 1. The normalized spacial score (nSPS) is 15.3. The number of carbonyl (C=O) groups is 1. The van der Waals surface area contributed by atoms with Crippen LogP contribution in [0.3, 0.4) is 0 Å². The van der Waals surface area contributed by atoms with Crippen molar-refractivity contribution in [1.29, 1.82) is 0 Å². The molecule has 0 saturated carbocycles. The molecule has 0 unspecified atom stereocenters. The Balaban J connectivity index is 1.30. The molecule has 2 heterocycles. The summed E-state index contributed by atoms with van der Waals surface area (Å²) in [4.78, 5) is 19.1. The third-order valence-corrected chi connectivity index (χ3v) is 5.64. The number of carbonyl (C=O) groups excluding carboxylic acids is 1. The molecule has 1 aromatic heterocycles. The van der Waals surface area contributed by atoms with Gasteiger partial charge in [-0.05, 0) is 68.4 Å². The molecular weight excluding hydrogens is 430 g/mol. The second-order valence-corrected chi connectivity index (χ2v) is 8.03. The van der Waals surface area contributed by atoms with Crippen molar-refractivity contribution in [3.63, 3.8) is 0 Å². The number of likely N-dealkylation sites (tertiary alicyclic amines) is 1. The minimum atomic E-state index is -0.313. The van der Waals surface area contributed by atoms with Crippen LogP contribution in [0.4, 0.5) is 10.1 Å². The predicted molar refractivity (Wildman–Crippen MR) is 113 cm³/mol. The Bertz CT molecular complexity index is 1030. The van der Waals surface area contributed by atoms with Gasteiger partial charge in [0, 0.05) is 16.5 Å². The molecule has 1 fully saturated rings. The van der Waals surface area contributed by atoms with Gasteiger partial charge in [0.2, 0.25) is 17.6 Å². The molecule has 0 spiro atoms. The van der Waals surface area contributed by atoms with Gasteiger partial charge in [-0.3, -0.25) is 9.69 Å². The van der Waals surface area contributed by atoms with Gasteiger partial charge in [-0.15, -0.1) is 0 Å². The Morgan fingerprint density at radius 3 is 2.63 bits per heavy atom. The maximum atomic E-state index is 13.1. The predicted octanol–water partition coefficient (Wildman–Crippen LogP) is 5.03. The van der Waals surface area contributed by atoms with Crippen molar-refractivity contribution in [2.45, 2.75) is 19.4 Å². The molecular formula is C21H19Cl2FN4O2. The number of hydrogen-bond donors (Lipinski definition) is 1. The van der Waals surface area contributed by atoms with Gasteiger partial charge in [0.25, 0.3) is 0 Å². The Hall–Kier alpha value is -2.48. The molecule has 1 N–H and O–H groups in total. The lowest BCUT2D eigenvalue weighted by Crippen LogP contribution is -2.37. The summed E-state index contributed by atoms with van der Waals surface area (Å²) in [7, 11) is 0. The van der Waals surface area contributed by atoms with E-state index in [1.807, 2.05) is 0 Å². The number of benzene rings is 2. The summed E-state index contributed by atoms with van der Waals surface area (Å²) in [6.45, 7) is 1.97. The summed E-state index contributed by atoms with van der Waals surface area (Å²) in [5, 5.41) is 7.81. The molecule has 6 nitrogen and oxygen atoms in total. The van der Waals surface area contributed by atoms with Gasteiger partial charge in [0.15, 0.2) is 0 Å². The Morgan fingerprint density at radius 1 is 1.17 bits per heavy atom. The van der Waals surface area contributed by atoms with Crippen molar-refractivity contribution < 1.29 is 13.7 Å². The van der Waals surface area contributed by atoms with E-state index in [-0.39, 0.29) is 17.6 Å². The number of piperidine rings is 1. The van der Waals surface area contributed by atoms with Crippen LogP contribution in [0.1, 0.15) is 18.7 Å². The fourth-order valence-electron chi connectivity index (χ4n) is 3.41. The average molecular weight is 449 g/mol. The standard InChI is InChI=1S/C21H19Cl2FN4O2/c22-15-3-6-17(23)18(11-15)25-21(29)14-7-9-28(10-8-14)12-19-26-20(27-30-19)13-1-4-16(24)5-2-13/h1-6,11,14H,7-10,12H2,(H,25,29). The van der Waals surface area contributed by atoms with Gasteiger partial charge >= 0.3 is 0 Å². The molecule has 3 aromatic rings. The molecule has 9 heteroatoms. The van der Waals surface area contributed by atoms with Crippen LogP contribution in [0.5, 0.6) is 0 Å². The van der Waals surface area contributed by atoms with E-state index in [1.54, 1.807) is 30.3 Å². The zero-order chi connectivity index (χ0) is 21.1. The molecule has 1 amide bonds. The molecule has 1 aliphatic rings. The van der Waals surface area contributed by atoms with Gasteiger partial charge < -0.3 is 9.84 Å². The van der Waals surface area contributed by atoms with E-state index in [1.165, 1.54) is 12.1 Å². The van der Waals surface area contributed by atoms with Crippen molar-refractivity contribution in [2.24, 2.45) is 5.92 Å². The van der Waals surface area contributed by atoms with Crippen molar-refractivity contribution >= 4 is 34.8 Å². The fourth-order valence-corrected chi connectivity index (χ4v) is 3.74. The number of anilines is 1. The third-order valence-electron chi connectivity index (χ3n) is 5.07. The molecule has 156 valence electrons. The number of hydrogen-bond acceptors (Lipinski definition) is 5. The first kappa shape index (κ1) is 20.8. The molecule has 0 aliphatic carbocycles. The van der Waals surface area contributed by atoms with Crippen LogP contribution < -0.4 is 5.32 Å². The van der Waals surface area contributed by atoms with Crippen LogP contribution >= 0.6 is 23.2 Å². The van der Waals surface area contributed by atoms with Gasteiger partial charge in [-0.1, -0.05) is 28.4 Å². The van der Waals surface area contributed by atoms with Crippen LogP contribution in [0.15, 0.2) is 47.0 Å². The quantitative estimate of drug-likeness (QED) is 0.592. The summed E-state index contributed by atoms with van der Waals surface area (Å²) in [6.07, 6.45) is 1.42. The Kier molecular flexibility index (Phi) is 6.32. The number of rotatable bonds is 5. The van der Waals surface area contributed by atoms with E-state index in [4.69, 9.17) is 27.7 Å². The minimum absolute atomic E-state index is 0.0600. The lowest BCUT2D eigenvalue weighted by atomic mass is 9.96. The number of halogens is 3. The van der Waals surface area contributed by atoms with Crippen molar-refractivity contribution in [3.05, 3.63) is 64.2 Å². The van der Waals surface area contributed by atoms with Gasteiger partial charge in [-0.2, -0.15) is 4.98 Å². The molecule has 0 bridgehead atoms. The van der Waals surface area contributed by atoms with E-state index in [0.717, 1.165) is 13.1 Å². The van der Waals surface area contributed by atoms with Crippen molar-refractivity contribution in [3.8, 4) is 11.4 Å². The van der Waals surface area contributed by atoms with E-state index in [9.17, 15) is 9.18 Å². The summed E-state index contributed by atoms with van der Waals surface area (Å²) in [5.41, 5.74) is 1.22. The van der Waals surface area contributed by atoms with Crippen LogP contribution in [-0.4, -0.2) is 34.0 Å². The average Bonchev–Trinajstić information content (AvgIpc) is 3.20. The smallest absolute Gasteiger partial charge is 0.241 e. The minimum Gasteiger partial charge on any atom is -0.338 e. The van der Waals surface area contributed by atoms with Gasteiger partial charge in [0.05, 0.1) is 17.3 Å². The highest BCUT2D eigenvalue weighted by molar-refractivity contribution is 6.35. The molecule has 0 atom stereocenters.